The lowest BCUT2D eigenvalue weighted by molar-refractivity contribution is 0.0985. The molecule has 0 saturated heterocycles. The van der Waals surface area contributed by atoms with E-state index in [-0.39, 0.29) is 16.4 Å². The number of rotatable bonds is 9. The molecule has 0 radical (unpaired) electrons. The fourth-order valence-corrected chi connectivity index (χ4v) is 3.47. The molecule has 0 aliphatic rings. The van der Waals surface area contributed by atoms with Crippen molar-refractivity contribution >= 4 is 37.6 Å². The zero-order valence-electron chi connectivity index (χ0n) is 12.8. The average molecular weight is 420 g/mol. The number of aromatic hydroxyl groups is 1. The van der Waals surface area contributed by atoms with E-state index in [1.54, 1.807) is 6.07 Å². The predicted molar refractivity (Wildman–Crippen MR) is 95.6 cm³/mol. The maximum absolute atomic E-state index is 12.4. The van der Waals surface area contributed by atoms with Gasteiger partial charge in [-0.25, -0.2) is 0 Å². The number of alkyl halides is 1. The van der Waals surface area contributed by atoms with Crippen LogP contribution in [0.2, 0.25) is 0 Å². The molecule has 0 bridgehead atoms. The zero-order valence-corrected chi connectivity index (χ0v) is 16.0. The van der Waals surface area contributed by atoms with E-state index in [1.807, 2.05) is 13.0 Å². The summed E-state index contributed by atoms with van der Waals surface area (Å²) in [4.78, 5) is 12.2. The van der Waals surface area contributed by atoms with Gasteiger partial charge in [0, 0.05) is 0 Å². The molecular formula is C17H24Br2O2. The van der Waals surface area contributed by atoms with Gasteiger partial charge >= 0.3 is 0 Å². The van der Waals surface area contributed by atoms with E-state index in [9.17, 15) is 9.90 Å². The van der Waals surface area contributed by atoms with Gasteiger partial charge in [-0.15, -0.1) is 0 Å². The molecule has 0 aliphatic heterocycles. The third-order valence-electron chi connectivity index (χ3n) is 3.57. The topological polar surface area (TPSA) is 37.3 Å². The van der Waals surface area contributed by atoms with Crippen molar-refractivity contribution in [2.45, 2.75) is 63.6 Å². The summed E-state index contributed by atoms with van der Waals surface area (Å²) < 4.78 is 0.574. The maximum Gasteiger partial charge on any atom is 0.180 e. The lowest BCUT2D eigenvalue weighted by atomic mass is 10.0. The Morgan fingerprint density at radius 2 is 1.81 bits per heavy atom. The molecule has 1 N–H and O–H groups in total. The molecule has 0 spiro atoms. The smallest absolute Gasteiger partial charge is 0.180 e. The highest BCUT2D eigenvalue weighted by atomic mass is 79.9. The number of aryl methyl sites for hydroxylation is 1. The summed E-state index contributed by atoms with van der Waals surface area (Å²) in [5, 5.41) is 10.0. The molecule has 0 fully saturated rings. The van der Waals surface area contributed by atoms with Crippen LogP contribution in [0.25, 0.3) is 0 Å². The van der Waals surface area contributed by atoms with Gasteiger partial charge in [0.15, 0.2) is 5.78 Å². The second-order valence-electron chi connectivity index (χ2n) is 5.53. The number of ketones is 1. The predicted octanol–water partition coefficient (Wildman–Crippen LogP) is 6.16. The SMILES string of the molecule is CCCCCCCCC(Br)C(=O)c1cc(C)cc(Br)c1O. The summed E-state index contributed by atoms with van der Waals surface area (Å²) in [7, 11) is 0. The van der Waals surface area contributed by atoms with E-state index in [0.717, 1.165) is 18.4 Å². The average Bonchev–Trinajstić information content (AvgIpc) is 2.45. The number of halogens is 2. The summed E-state index contributed by atoms with van der Waals surface area (Å²) >= 11 is 6.75. The standard InChI is InChI=1S/C17H24Br2O2/c1-3-4-5-6-7-8-9-14(18)16(20)13-10-12(2)11-15(19)17(13)21/h10-11,14,21H,3-9H2,1-2H3. The van der Waals surface area contributed by atoms with Gasteiger partial charge in [-0.1, -0.05) is 61.4 Å². The Hall–Kier alpha value is -0.350. The monoisotopic (exact) mass is 418 g/mol. The van der Waals surface area contributed by atoms with Crippen LogP contribution in [0, 0.1) is 6.92 Å². The van der Waals surface area contributed by atoms with Crippen LogP contribution >= 0.6 is 31.9 Å². The van der Waals surface area contributed by atoms with Gasteiger partial charge < -0.3 is 5.11 Å². The summed E-state index contributed by atoms with van der Waals surface area (Å²) in [5.74, 6) is 0.00320. The van der Waals surface area contributed by atoms with Gasteiger partial charge in [0.1, 0.15) is 5.75 Å². The number of carbonyl (C=O) groups excluding carboxylic acids is 1. The maximum atomic E-state index is 12.4. The van der Waals surface area contributed by atoms with Gasteiger partial charge in [0.2, 0.25) is 0 Å². The third-order valence-corrected chi connectivity index (χ3v) is 5.05. The van der Waals surface area contributed by atoms with E-state index in [0.29, 0.717) is 10.0 Å². The number of unbranched alkanes of at least 4 members (excludes halogenated alkanes) is 5. The molecule has 1 atom stereocenters. The van der Waals surface area contributed by atoms with Crippen LogP contribution in [-0.4, -0.2) is 15.7 Å². The molecule has 1 aromatic rings. The number of phenols is 1. The Morgan fingerprint density at radius 3 is 2.48 bits per heavy atom. The van der Waals surface area contributed by atoms with Crippen LogP contribution in [0.4, 0.5) is 0 Å². The van der Waals surface area contributed by atoms with Crippen LogP contribution in [0.15, 0.2) is 16.6 Å². The summed E-state index contributed by atoms with van der Waals surface area (Å²) in [5.41, 5.74) is 1.36. The summed E-state index contributed by atoms with van der Waals surface area (Å²) in [6.07, 6.45) is 8.09. The molecule has 0 aliphatic carbocycles. The Bertz CT molecular complexity index is 472. The largest absolute Gasteiger partial charge is 0.506 e. The molecule has 4 heteroatoms. The summed E-state index contributed by atoms with van der Waals surface area (Å²) in [6.45, 7) is 4.12. The lowest BCUT2D eigenvalue weighted by Crippen LogP contribution is -2.14. The highest BCUT2D eigenvalue weighted by Gasteiger charge is 2.21. The van der Waals surface area contributed by atoms with Crippen molar-refractivity contribution in [3.8, 4) is 5.75 Å². The third kappa shape index (κ3) is 6.11. The van der Waals surface area contributed by atoms with Crippen LogP contribution < -0.4 is 0 Å². The van der Waals surface area contributed by atoms with E-state index in [2.05, 4.69) is 38.8 Å². The highest BCUT2D eigenvalue weighted by Crippen LogP contribution is 2.31. The van der Waals surface area contributed by atoms with Gasteiger partial charge in [0.05, 0.1) is 14.9 Å². The van der Waals surface area contributed by atoms with Crippen LogP contribution in [-0.2, 0) is 0 Å². The first kappa shape index (κ1) is 18.7. The van der Waals surface area contributed by atoms with Crippen molar-refractivity contribution in [2.75, 3.05) is 0 Å². The number of carbonyl (C=O) groups is 1. The molecule has 2 nitrogen and oxygen atoms in total. The zero-order chi connectivity index (χ0) is 15.8. The first-order chi connectivity index (χ1) is 9.97. The lowest BCUT2D eigenvalue weighted by Gasteiger charge is -2.12. The van der Waals surface area contributed by atoms with Crippen molar-refractivity contribution in [2.24, 2.45) is 0 Å². The second-order valence-corrected chi connectivity index (χ2v) is 7.49. The van der Waals surface area contributed by atoms with Crippen molar-refractivity contribution in [1.82, 2.24) is 0 Å². The number of Topliss-reactive ketones (excluding diaryl/α,β-unsaturated/α-hetero) is 1. The number of benzene rings is 1. The molecule has 1 rings (SSSR count). The van der Waals surface area contributed by atoms with Crippen LogP contribution in [0.5, 0.6) is 5.75 Å². The molecule has 0 aromatic heterocycles. The van der Waals surface area contributed by atoms with E-state index >= 15 is 0 Å². The van der Waals surface area contributed by atoms with Gasteiger partial charge in [-0.2, -0.15) is 0 Å². The molecule has 0 amide bonds. The fraction of sp³-hybridized carbons (Fsp3) is 0.588. The van der Waals surface area contributed by atoms with E-state index < -0.39 is 0 Å². The Morgan fingerprint density at radius 1 is 1.19 bits per heavy atom. The Kier molecular flexibility index (Phi) is 8.57. The molecular weight excluding hydrogens is 396 g/mol. The second kappa shape index (κ2) is 9.62. The van der Waals surface area contributed by atoms with Crippen molar-refractivity contribution in [3.05, 3.63) is 27.7 Å². The van der Waals surface area contributed by atoms with Gasteiger partial charge in [0.25, 0.3) is 0 Å². The van der Waals surface area contributed by atoms with E-state index in [1.165, 1.54) is 32.1 Å². The van der Waals surface area contributed by atoms with Crippen molar-refractivity contribution in [3.63, 3.8) is 0 Å². The fourth-order valence-electron chi connectivity index (χ4n) is 2.33. The van der Waals surface area contributed by atoms with Crippen LogP contribution in [0.1, 0.15) is 67.8 Å². The van der Waals surface area contributed by atoms with Gasteiger partial charge in [-0.05, 0) is 47.0 Å². The van der Waals surface area contributed by atoms with Crippen LogP contribution in [0.3, 0.4) is 0 Å². The van der Waals surface area contributed by atoms with Crippen molar-refractivity contribution < 1.29 is 9.90 Å². The Labute approximate surface area is 144 Å². The number of hydrogen-bond donors (Lipinski definition) is 1. The molecule has 0 saturated carbocycles. The minimum Gasteiger partial charge on any atom is -0.506 e. The minimum atomic E-state index is -0.219. The molecule has 1 unspecified atom stereocenters. The first-order valence-electron chi connectivity index (χ1n) is 7.64. The number of phenolic OH excluding ortho intramolecular Hbond substituents is 1. The molecule has 118 valence electrons. The number of hydrogen-bond acceptors (Lipinski definition) is 2. The van der Waals surface area contributed by atoms with Crippen molar-refractivity contribution in [1.29, 1.82) is 0 Å². The normalized spacial score (nSPS) is 12.4. The summed E-state index contributed by atoms with van der Waals surface area (Å²) in [6, 6.07) is 3.56. The highest BCUT2D eigenvalue weighted by molar-refractivity contribution is 9.10. The molecule has 21 heavy (non-hydrogen) atoms. The quantitative estimate of drug-likeness (QED) is 0.295. The van der Waals surface area contributed by atoms with E-state index in [4.69, 9.17) is 0 Å². The minimum absolute atomic E-state index is 0.0366. The molecule has 1 aromatic carbocycles. The Balaban J connectivity index is 2.51. The first-order valence-corrected chi connectivity index (χ1v) is 9.35. The molecule has 0 heterocycles. The van der Waals surface area contributed by atoms with Gasteiger partial charge in [-0.3, -0.25) is 4.79 Å².